The van der Waals surface area contributed by atoms with Crippen LogP contribution in [0.5, 0.6) is 0 Å². The average Bonchev–Trinajstić information content (AvgIpc) is 2.13. The van der Waals surface area contributed by atoms with Crippen molar-refractivity contribution in [3.63, 3.8) is 0 Å². The molecule has 0 aliphatic rings. The first-order valence-electron chi connectivity index (χ1n) is 6.96. The summed E-state index contributed by atoms with van der Waals surface area (Å²) in [5.74, 6) is 0.563. The maximum Gasteiger partial charge on any atom is 0.407 e. The first-order chi connectivity index (χ1) is 8.56. The second-order valence-corrected chi connectivity index (χ2v) is 6.57. The van der Waals surface area contributed by atoms with Crippen molar-refractivity contribution in [1.29, 1.82) is 0 Å². The van der Waals surface area contributed by atoms with Crippen molar-refractivity contribution >= 4 is 6.09 Å². The van der Waals surface area contributed by atoms with Gasteiger partial charge in [0.15, 0.2) is 0 Å². The van der Waals surface area contributed by atoms with Gasteiger partial charge in [0.05, 0.1) is 0 Å². The third kappa shape index (κ3) is 8.06. The molecule has 0 fully saturated rings. The molecular weight excluding hydrogens is 242 g/mol. The van der Waals surface area contributed by atoms with E-state index in [2.05, 4.69) is 24.1 Å². The minimum absolute atomic E-state index is 0.0522. The smallest absolute Gasteiger partial charge is 0.407 e. The van der Waals surface area contributed by atoms with E-state index in [1.807, 2.05) is 34.7 Å². The lowest BCUT2D eigenvalue weighted by atomic mass is 10.1. The highest BCUT2D eigenvalue weighted by Gasteiger charge is 2.24. The van der Waals surface area contributed by atoms with Crippen LogP contribution in [0.15, 0.2) is 0 Å². The molecule has 2 atom stereocenters. The van der Waals surface area contributed by atoms with Crippen molar-refractivity contribution in [2.45, 2.75) is 59.2 Å². The fourth-order valence-corrected chi connectivity index (χ4v) is 2.07. The van der Waals surface area contributed by atoms with Gasteiger partial charge in [0, 0.05) is 25.2 Å². The second kappa shape index (κ2) is 7.70. The molecule has 3 N–H and O–H groups in total. The number of nitrogens with two attached hydrogens (primary N) is 1. The number of hydrogen-bond donors (Lipinski definition) is 2. The highest BCUT2D eigenvalue weighted by atomic mass is 16.6. The fourth-order valence-electron chi connectivity index (χ4n) is 2.07. The van der Waals surface area contributed by atoms with Gasteiger partial charge in [-0.05, 0) is 40.7 Å². The first-order valence-corrected chi connectivity index (χ1v) is 6.96. The number of alkyl carbamates (subject to hydrolysis) is 1. The van der Waals surface area contributed by atoms with E-state index in [0.29, 0.717) is 12.5 Å². The van der Waals surface area contributed by atoms with E-state index in [0.717, 1.165) is 6.54 Å². The lowest BCUT2D eigenvalue weighted by molar-refractivity contribution is 0.0475. The van der Waals surface area contributed by atoms with Crippen LogP contribution in [0.2, 0.25) is 0 Å². The van der Waals surface area contributed by atoms with Gasteiger partial charge in [-0.1, -0.05) is 13.8 Å². The van der Waals surface area contributed by atoms with E-state index in [1.165, 1.54) is 0 Å². The molecule has 0 rings (SSSR count). The monoisotopic (exact) mass is 273 g/mol. The van der Waals surface area contributed by atoms with Gasteiger partial charge >= 0.3 is 6.09 Å². The summed E-state index contributed by atoms with van der Waals surface area (Å²) < 4.78 is 5.25. The zero-order valence-electron chi connectivity index (χ0n) is 13.5. The Morgan fingerprint density at radius 1 is 1.32 bits per heavy atom. The van der Waals surface area contributed by atoms with Gasteiger partial charge in [0.2, 0.25) is 0 Å². The Hall–Kier alpha value is -0.810. The molecule has 0 saturated carbocycles. The number of ether oxygens (including phenoxy) is 1. The fraction of sp³-hybridized carbons (Fsp3) is 0.929. The third-order valence-corrected chi connectivity index (χ3v) is 2.78. The predicted molar refractivity (Wildman–Crippen MR) is 79.1 cm³/mol. The number of likely N-dealkylation sites (N-methyl/N-ethyl adjacent to an activating group) is 1. The molecular formula is C14H31N3O2. The van der Waals surface area contributed by atoms with Crippen molar-refractivity contribution < 1.29 is 9.53 Å². The molecule has 5 nitrogen and oxygen atoms in total. The topological polar surface area (TPSA) is 67.6 Å². The molecule has 114 valence electrons. The molecule has 1 amide bonds. The van der Waals surface area contributed by atoms with E-state index >= 15 is 0 Å². The minimum Gasteiger partial charge on any atom is -0.444 e. The van der Waals surface area contributed by atoms with Gasteiger partial charge in [-0.3, -0.25) is 4.90 Å². The van der Waals surface area contributed by atoms with E-state index in [4.69, 9.17) is 10.5 Å². The minimum atomic E-state index is -0.480. The quantitative estimate of drug-likeness (QED) is 0.774. The summed E-state index contributed by atoms with van der Waals surface area (Å²) in [4.78, 5) is 13.9. The Balaban J connectivity index is 4.43. The Kier molecular flexibility index (Phi) is 7.37. The van der Waals surface area contributed by atoms with E-state index in [1.54, 1.807) is 0 Å². The number of rotatable bonds is 6. The standard InChI is InChI=1S/C14H31N3O2/c1-10(2)9-17(7)12(8-15)11(3)16-13(18)19-14(4,5)6/h10-12H,8-9,15H2,1-7H3,(H,16,18). The van der Waals surface area contributed by atoms with E-state index in [9.17, 15) is 4.79 Å². The molecule has 0 aliphatic carbocycles. The highest BCUT2D eigenvalue weighted by Crippen LogP contribution is 2.09. The van der Waals surface area contributed by atoms with Crippen LogP contribution in [-0.2, 0) is 4.74 Å². The van der Waals surface area contributed by atoms with Crippen LogP contribution in [0, 0.1) is 5.92 Å². The van der Waals surface area contributed by atoms with Crippen LogP contribution in [-0.4, -0.2) is 48.8 Å². The van der Waals surface area contributed by atoms with E-state index in [-0.39, 0.29) is 12.1 Å². The number of nitrogens with zero attached hydrogens (tertiary/aromatic N) is 1. The number of amides is 1. The summed E-state index contributed by atoms with van der Waals surface area (Å²) in [6, 6.07) is 0.0542. The molecule has 0 bridgehead atoms. The summed E-state index contributed by atoms with van der Waals surface area (Å²) in [7, 11) is 2.03. The molecule has 0 aromatic carbocycles. The maximum atomic E-state index is 11.7. The van der Waals surface area contributed by atoms with Crippen molar-refractivity contribution in [3.05, 3.63) is 0 Å². The summed E-state index contributed by atoms with van der Waals surface area (Å²) in [5, 5.41) is 2.86. The van der Waals surface area contributed by atoms with E-state index < -0.39 is 11.7 Å². The summed E-state index contributed by atoms with van der Waals surface area (Å²) >= 11 is 0. The molecule has 0 aliphatic heterocycles. The number of carbonyl (C=O) groups excluding carboxylic acids is 1. The summed E-state index contributed by atoms with van der Waals surface area (Å²) in [5.41, 5.74) is 5.34. The summed E-state index contributed by atoms with van der Waals surface area (Å²) in [6.45, 7) is 13.3. The van der Waals surface area contributed by atoms with Crippen LogP contribution in [0.25, 0.3) is 0 Å². The highest BCUT2D eigenvalue weighted by molar-refractivity contribution is 5.68. The Labute approximate surface area is 117 Å². The van der Waals surface area contributed by atoms with Gasteiger partial charge < -0.3 is 15.8 Å². The van der Waals surface area contributed by atoms with Gasteiger partial charge in [-0.25, -0.2) is 4.79 Å². The third-order valence-electron chi connectivity index (χ3n) is 2.78. The van der Waals surface area contributed by atoms with Crippen LogP contribution >= 0.6 is 0 Å². The van der Waals surface area contributed by atoms with Gasteiger partial charge in [-0.2, -0.15) is 0 Å². The molecule has 5 heteroatoms. The predicted octanol–water partition coefficient (Wildman–Crippen LogP) is 1.81. The zero-order chi connectivity index (χ0) is 15.2. The first kappa shape index (κ1) is 18.2. The van der Waals surface area contributed by atoms with Crippen molar-refractivity contribution in [2.75, 3.05) is 20.1 Å². The largest absolute Gasteiger partial charge is 0.444 e. The number of hydrogen-bond acceptors (Lipinski definition) is 4. The molecule has 19 heavy (non-hydrogen) atoms. The van der Waals surface area contributed by atoms with Gasteiger partial charge in [0.25, 0.3) is 0 Å². The Morgan fingerprint density at radius 2 is 1.84 bits per heavy atom. The lowest BCUT2D eigenvalue weighted by Crippen LogP contribution is -2.53. The zero-order valence-corrected chi connectivity index (χ0v) is 13.5. The second-order valence-electron chi connectivity index (χ2n) is 6.57. The number of nitrogens with one attached hydrogen (secondary N) is 1. The maximum absolute atomic E-state index is 11.7. The molecule has 0 aromatic heterocycles. The van der Waals surface area contributed by atoms with Crippen LogP contribution in [0.1, 0.15) is 41.5 Å². The molecule has 0 radical (unpaired) electrons. The average molecular weight is 273 g/mol. The lowest BCUT2D eigenvalue weighted by Gasteiger charge is -2.33. The molecule has 0 heterocycles. The van der Waals surface area contributed by atoms with Crippen molar-refractivity contribution in [3.8, 4) is 0 Å². The molecule has 0 spiro atoms. The molecule has 0 saturated heterocycles. The van der Waals surface area contributed by atoms with Crippen LogP contribution < -0.4 is 11.1 Å². The van der Waals surface area contributed by atoms with Crippen molar-refractivity contribution in [1.82, 2.24) is 10.2 Å². The summed E-state index contributed by atoms with van der Waals surface area (Å²) in [6.07, 6.45) is -0.392. The number of carbonyl (C=O) groups is 1. The molecule has 2 unspecified atom stereocenters. The van der Waals surface area contributed by atoms with Crippen molar-refractivity contribution in [2.24, 2.45) is 11.7 Å². The Morgan fingerprint density at radius 3 is 2.21 bits per heavy atom. The SMILES string of the molecule is CC(C)CN(C)C(CN)C(C)NC(=O)OC(C)(C)C. The van der Waals surface area contributed by atoms with Gasteiger partial charge in [0.1, 0.15) is 5.60 Å². The van der Waals surface area contributed by atoms with Gasteiger partial charge in [-0.15, -0.1) is 0 Å². The normalized spacial score (nSPS) is 15.5. The Bertz CT molecular complexity index is 274. The molecule has 0 aromatic rings. The van der Waals surface area contributed by atoms with Crippen LogP contribution in [0.4, 0.5) is 4.79 Å². The van der Waals surface area contributed by atoms with Crippen LogP contribution in [0.3, 0.4) is 0 Å².